The van der Waals surface area contributed by atoms with Crippen molar-refractivity contribution in [3.8, 4) is 0 Å². The molecule has 1 heterocycles. The van der Waals surface area contributed by atoms with Gasteiger partial charge in [0, 0.05) is 25.2 Å². The summed E-state index contributed by atoms with van der Waals surface area (Å²) < 4.78 is 0. The second kappa shape index (κ2) is 7.59. The molecule has 3 N–H and O–H groups in total. The fourth-order valence-electron chi connectivity index (χ4n) is 3.29. The van der Waals surface area contributed by atoms with Gasteiger partial charge < -0.3 is 11.1 Å². The van der Waals surface area contributed by atoms with Gasteiger partial charge >= 0.3 is 0 Å². The van der Waals surface area contributed by atoms with Crippen LogP contribution >= 0.6 is 0 Å². The van der Waals surface area contributed by atoms with Gasteiger partial charge in [-0.15, -0.1) is 0 Å². The zero-order valence-electron chi connectivity index (χ0n) is 14.7. The van der Waals surface area contributed by atoms with E-state index in [0.717, 1.165) is 31.8 Å². The summed E-state index contributed by atoms with van der Waals surface area (Å²) >= 11 is 0. The van der Waals surface area contributed by atoms with E-state index >= 15 is 0 Å². The molecule has 0 aromatic carbocycles. The van der Waals surface area contributed by atoms with Crippen molar-refractivity contribution < 1.29 is 4.79 Å². The monoisotopic (exact) mass is 297 g/mol. The van der Waals surface area contributed by atoms with Gasteiger partial charge in [0.1, 0.15) is 0 Å². The first-order valence-corrected chi connectivity index (χ1v) is 8.54. The number of carbonyl (C=O) groups excluding carboxylic acids is 1. The summed E-state index contributed by atoms with van der Waals surface area (Å²) in [6.07, 6.45) is 4.18. The van der Waals surface area contributed by atoms with E-state index in [1.54, 1.807) is 0 Å². The van der Waals surface area contributed by atoms with Gasteiger partial charge in [0.25, 0.3) is 0 Å². The number of likely N-dealkylation sites (tertiary alicyclic amines) is 1. The van der Waals surface area contributed by atoms with E-state index in [0.29, 0.717) is 13.1 Å². The van der Waals surface area contributed by atoms with E-state index < -0.39 is 5.41 Å². The molecular formula is C17H35N3O. The highest BCUT2D eigenvalue weighted by Gasteiger charge is 2.36. The SMILES string of the molecule is CCC(CC)(CN)C(=O)NCC(C)(C)N1CCCC(C)C1. The van der Waals surface area contributed by atoms with Gasteiger partial charge in [-0.1, -0.05) is 20.8 Å². The Hall–Kier alpha value is -0.610. The first kappa shape index (κ1) is 18.4. The highest BCUT2D eigenvalue weighted by molar-refractivity contribution is 5.82. The molecule has 124 valence electrons. The normalized spacial score (nSPS) is 21.3. The zero-order valence-corrected chi connectivity index (χ0v) is 14.7. The summed E-state index contributed by atoms with van der Waals surface area (Å²) in [5, 5.41) is 3.17. The van der Waals surface area contributed by atoms with Crippen molar-refractivity contribution in [2.24, 2.45) is 17.1 Å². The fraction of sp³-hybridized carbons (Fsp3) is 0.941. The number of hydrogen-bond acceptors (Lipinski definition) is 3. The van der Waals surface area contributed by atoms with Crippen LogP contribution in [-0.2, 0) is 4.79 Å². The molecule has 0 saturated carbocycles. The molecule has 0 aromatic rings. The maximum atomic E-state index is 12.5. The van der Waals surface area contributed by atoms with Crippen LogP contribution in [0.15, 0.2) is 0 Å². The van der Waals surface area contributed by atoms with Gasteiger partial charge in [-0.2, -0.15) is 0 Å². The molecule has 1 atom stereocenters. The van der Waals surface area contributed by atoms with Crippen molar-refractivity contribution in [1.29, 1.82) is 0 Å². The van der Waals surface area contributed by atoms with Crippen LogP contribution in [0.1, 0.15) is 60.3 Å². The van der Waals surface area contributed by atoms with E-state index in [2.05, 4.69) is 31.0 Å². The Morgan fingerprint density at radius 1 is 1.33 bits per heavy atom. The Morgan fingerprint density at radius 3 is 2.43 bits per heavy atom. The molecule has 1 saturated heterocycles. The van der Waals surface area contributed by atoms with Gasteiger partial charge in [0.05, 0.1) is 5.41 Å². The molecule has 4 heteroatoms. The van der Waals surface area contributed by atoms with Crippen molar-refractivity contribution in [1.82, 2.24) is 10.2 Å². The molecule has 1 rings (SSSR count). The smallest absolute Gasteiger partial charge is 0.227 e. The number of amides is 1. The van der Waals surface area contributed by atoms with Crippen LogP contribution in [0.4, 0.5) is 0 Å². The van der Waals surface area contributed by atoms with Gasteiger partial charge in [0.2, 0.25) is 5.91 Å². The molecule has 1 unspecified atom stereocenters. The number of carbonyl (C=O) groups is 1. The van der Waals surface area contributed by atoms with Gasteiger partial charge in [0.15, 0.2) is 0 Å². The summed E-state index contributed by atoms with van der Waals surface area (Å²) in [5.41, 5.74) is 5.47. The predicted octanol–water partition coefficient (Wildman–Crippen LogP) is 2.38. The first-order valence-electron chi connectivity index (χ1n) is 8.54. The molecule has 1 fully saturated rings. The van der Waals surface area contributed by atoms with Crippen LogP contribution in [0.5, 0.6) is 0 Å². The van der Waals surface area contributed by atoms with Crippen LogP contribution in [0.25, 0.3) is 0 Å². The number of nitrogens with two attached hydrogens (primary N) is 1. The minimum absolute atomic E-state index is 0.00611. The summed E-state index contributed by atoms with van der Waals surface area (Å²) in [6.45, 7) is 14.3. The number of rotatable bonds is 7. The van der Waals surface area contributed by atoms with Crippen molar-refractivity contribution in [3.05, 3.63) is 0 Å². The van der Waals surface area contributed by atoms with E-state index in [1.807, 2.05) is 13.8 Å². The standard InChI is InChI=1S/C17H35N3O/c1-6-17(7-2,12-18)15(21)19-13-16(4,5)20-10-8-9-14(3)11-20/h14H,6-13,18H2,1-5H3,(H,19,21). The molecule has 4 nitrogen and oxygen atoms in total. The molecule has 0 radical (unpaired) electrons. The molecule has 0 aromatic heterocycles. The maximum absolute atomic E-state index is 12.5. The Balaban J connectivity index is 2.61. The first-order chi connectivity index (χ1) is 9.81. The fourth-order valence-corrected chi connectivity index (χ4v) is 3.29. The molecule has 1 aliphatic heterocycles. The third-order valence-electron chi connectivity index (χ3n) is 5.42. The molecule has 1 amide bonds. The number of nitrogens with zero attached hydrogens (tertiary/aromatic N) is 1. The van der Waals surface area contributed by atoms with Gasteiger partial charge in [-0.25, -0.2) is 0 Å². The van der Waals surface area contributed by atoms with Crippen molar-refractivity contribution in [2.45, 2.75) is 65.8 Å². The molecule has 0 spiro atoms. The summed E-state index contributed by atoms with van der Waals surface area (Å²) in [7, 11) is 0. The van der Waals surface area contributed by atoms with Crippen molar-refractivity contribution >= 4 is 5.91 Å². The highest BCUT2D eigenvalue weighted by Crippen LogP contribution is 2.26. The molecule has 0 aliphatic carbocycles. The molecular weight excluding hydrogens is 262 g/mol. The average Bonchev–Trinajstić information content (AvgIpc) is 2.47. The molecule has 0 bridgehead atoms. The zero-order chi connectivity index (χ0) is 16.1. The van der Waals surface area contributed by atoms with Crippen LogP contribution in [-0.4, -0.2) is 42.5 Å². The second-order valence-electron chi connectivity index (χ2n) is 7.38. The Bertz CT molecular complexity index is 329. The number of piperidine rings is 1. The highest BCUT2D eigenvalue weighted by atomic mass is 16.2. The van der Waals surface area contributed by atoms with E-state index in [-0.39, 0.29) is 11.4 Å². The molecule has 21 heavy (non-hydrogen) atoms. The number of nitrogens with one attached hydrogen (secondary N) is 1. The van der Waals surface area contributed by atoms with E-state index in [9.17, 15) is 4.79 Å². The summed E-state index contributed by atoms with van der Waals surface area (Å²) in [5.74, 6) is 0.872. The Labute approximate surface area is 130 Å². The average molecular weight is 297 g/mol. The minimum Gasteiger partial charge on any atom is -0.354 e. The summed E-state index contributed by atoms with van der Waals surface area (Å²) in [4.78, 5) is 15.1. The third kappa shape index (κ3) is 4.43. The lowest BCUT2D eigenvalue weighted by atomic mass is 9.81. The van der Waals surface area contributed by atoms with Gasteiger partial charge in [-0.05, 0) is 52.0 Å². The lowest BCUT2D eigenvalue weighted by molar-refractivity contribution is -0.131. The van der Waals surface area contributed by atoms with Crippen LogP contribution in [0, 0.1) is 11.3 Å². The topological polar surface area (TPSA) is 58.4 Å². The van der Waals surface area contributed by atoms with Crippen LogP contribution in [0.3, 0.4) is 0 Å². The van der Waals surface area contributed by atoms with Crippen LogP contribution in [0.2, 0.25) is 0 Å². The van der Waals surface area contributed by atoms with E-state index in [4.69, 9.17) is 5.73 Å². The largest absolute Gasteiger partial charge is 0.354 e. The lowest BCUT2D eigenvalue weighted by Crippen LogP contribution is -2.56. The van der Waals surface area contributed by atoms with Crippen molar-refractivity contribution in [2.75, 3.05) is 26.2 Å². The Morgan fingerprint density at radius 2 is 1.95 bits per heavy atom. The molecule has 1 aliphatic rings. The second-order valence-corrected chi connectivity index (χ2v) is 7.38. The van der Waals surface area contributed by atoms with Gasteiger partial charge in [-0.3, -0.25) is 9.69 Å². The maximum Gasteiger partial charge on any atom is 0.227 e. The predicted molar refractivity (Wildman–Crippen MR) is 89.1 cm³/mol. The minimum atomic E-state index is -0.398. The number of hydrogen-bond donors (Lipinski definition) is 2. The van der Waals surface area contributed by atoms with Crippen molar-refractivity contribution in [3.63, 3.8) is 0 Å². The van der Waals surface area contributed by atoms with Crippen LogP contribution < -0.4 is 11.1 Å². The summed E-state index contributed by atoms with van der Waals surface area (Å²) in [6, 6.07) is 0. The quantitative estimate of drug-likeness (QED) is 0.758. The Kier molecular flexibility index (Phi) is 6.67. The van der Waals surface area contributed by atoms with E-state index in [1.165, 1.54) is 12.8 Å². The lowest BCUT2D eigenvalue weighted by Gasteiger charge is -2.43. The third-order valence-corrected chi connectivity index (χ3v) is 5.42.